The molecule has 0 aliphatic carbocycles. The highest BCUT2D eigenvalue weighted by Gasteiger charge is 2.23. The monoisotopic (exact) mass is 287 g/mol. The topological polar surface area (TPSA) is 143 Å². The van der Waals surface area contributed by atoms with Gasteiger partial charge < -0.3 is 21.3 Å². The number of carboxylic acids is 2. The van der Waals surface area contributed by atoms with Crippen LogP contribution in [0.3, 0.4) is 0 Å². The minimum absolute atomic E-state index is 0.191. The number of nitrogen functional groups attached to an aromatic ring is 1. The van der Waals surface area contributed by atoms with E-state index < -0.39 is 23.9 Å². The van der Waals surface area contributed by atoms with E-state index >= 15 is 0 Å². The van der Waals surface area contributed by atoms with Crippen molar-refractivity contribution in [3.63, 3.8) is 0 Å². The maximum atomic E-state index is 11.8. The van der Waals surface area contributed by atoms with Crippen molar-refractivity contribution >= 4 is 34.3 Å². The Labute approximate surface area is 112 Å². The summed E-state index contributed by atoms with van der Waals surface area (Å²) in [6, 6.07) is -1.26. The highest BCUT2D eigenvalue weighted by atomic mass is 32.1. The van der Waals surface area contributed by atoms with Gasteiger partial charge in [0.1, 0.15) is 10.9 Å². The Morgan fingerprint density at radius 2 is 2.05 bits per heavy atom. The molecule has 5 N–H and O–H groups in total. The second-order valence-electron chi connectivity index (χ2n) is 3.76. The number of carbonyl (C=O) groups excluding carboxylic acids is 1. The molecule has 1 atom stereocenters. The molecule has 1 rings (SSSR count). The highest BCUT2D eigenvalue weighted by molar-refractivity contribution is 7.17. The lowest BCUT2D eigenvalue weighted by molar-refractivity contribution is -0.140. The van der Waals surface area contributed by atoms with Gasteiger partial charge in [0.25, 0.3) is 5.91 Å². The van der Waals surface area contributed by atoms with E-state index in [0.29, 0.717) is 5.69 Å². The van der Waals surface area contributed by atoms with Gasteiger partial charge in [0.05, 0.1) is 5.69 Å². The van der Waals surface area contributed by atoms with Gasteiger partial charge in [-0.15, -0.1) is 0 Å². The smallest absolute Gasteiger partial charge is 0.326 e. The summed E-state index contributed by atoms with van der Waals surface area (Å²) in [6.07, 6.45) is -0.537. The normalized spacial score (nSPS) is 11.8. The zero-order valence-electron chi connectivity index (χ0n) is 10.0. The molecule has 0 saturated carbocycles. The van der Waals surface area contributed by atoms with Crippen LogP contribution in [-0.2, 0) is 9.59 Å². The summed E-state index contributed by atoms with van der Waals surface area (Å²) in [5.41, 5.74) is 5.84. The van der Waals surface area contributed by atoms with Gasteiger partial charge in [-0.25, -0.2) is 9.78 Å². The molecular formula is C10H13N3O5S. The minimum atomic E-state index is -1.29. The summed E-state index contributed by atoms with van der Waals surface area (Å²) in [4.78, 5) is 37.2. The number of thiazole rings is 1. The Morgan fingerprint density at radius 1 is 1.42 bits per heavy atom. The number of rotatable bonds is 6. The lowest BCUT2D eigenvalue weighted by atomic mass is 10.1. The molecule has 9 heteroatoms. The van der Waals surface area contributed by atoms with Crippen molar-refractivity contribution in [3.05, 3.63) is 10.6 Å². The fourth-order valence-electron chi connectivity index (χ4n) is 1.38. The largest absolute Gasteiger partial charge is 0.481 e. The van der Waals surface area contributed by atoms with Crippen molar-refractivity contribution in [2.45, 2.75) is 25.8 Å². The van der Waals surface area contributed by atoms with Gasteiger partial charge in [-0.05, 0) is 13.3 Å². The quantitative estimate of drug-likeness (QED) is 0.580. The lowest BCUT2D eigenvalue weighted by Gasteiger charge is -2.12. The van der Waals surface area contributed by atoms with E-state index in [9.17, 15) is 14.4 Å². The van der Waals surface area contributed by atoms with Crippen LogP contribution in [0.25, 0.3) is 0 Å². The molecule has 1 amide bonds. The molecule has 104 valence electrons. The van der Waals surface area contributed by atoms with Gasteiger partial charge in [-0.3, -0.25) is 9.59 Å². The number of anilines is 1. The number of amides is 1. The van der Waals surface area contributed by atoms with Crippen LogP contribution >= 0.6 is 11.3 Å². The average molecular weight is 287 g/mol. The van der Waals surface area contributed by atoms with Gasteiger partial charge >= 0.3 is 11.9 Å². The summed E-state index contributed by atoms with van der Waals surface area (Å²) in [6.45, 7) is 1.58. The molecule has 1 aromatic heterocycles. The molecule has 19 heavy (non-hydrogen) atoms. The third kappa shape index (κ3) is 4.21. The van der Waals surface area contributed by atoms with Crippen molar-refractivity contribution in [3.8, 4) is 0 Å². The number of aromatic nitrogens is 1. The Kier molecular flexibility index (Phi) is 4.81. The fourth-order valence-corrected chi connectivity index (χ4v) is 2.11. The molecule has 8 nitrogen and oxygen atoms in total. The predicted molar refractivity (Wildman–Crippen MR) is 67.0 cm³/mol. The van der Waals surface area contributed by atoms with E-state index in [0.717, 1.165) is 11.3 Å². The van der Waals surface area contributed by atoms with E-state index in [1.54, 1.807) is 6.92 Å². The zero-order chi connectivity index (χ0) is 14.6. The van der Waals surface area contributed by atoms with E-state index in [-0.39, 0.29) is 22.9 Å². The van der Waals surface area contributed by atoms with Crippen LogP contribution in [0.5, 0.6) is 0 Å². The molecule has 0 radical (unpaired) electrons. The first-order valence-electron chi connectivity index (χ1n) is 5.29. The van der Waals surface area contributed by atoms with Gasteiger partial charge in [0.15, 0.2) is 5.13 Å². The van der Waals surface area contributed by atoms with Crippen LogP contribution in [0.1, 0.15) is 28.2 Å². The number of nitrogens with zero attached hydrogens (tertiary/aromatic N) is 1. The van der Waals surface area contributed by atoms with Gasteiger partial charge in [-0.2, -0.15) is 0 Å². The number of nitrogens with two attached hydrogens (primary N) is 1. The second kappa shape index (κ2) is 6.14. The maximum absolute atomic E-state index is 11.8. The Balaban J connectivity index is 2.74. The molecule has 1 heterocycles. The maximum Gasteiger partial charge on any atom is 0.326 e. The van der Waals surface area contributed by atoms with Crippen molar-refractivity contribution in [2.24, 2.45) is 0 Å². The predicted octanol–water partition coefficient (Wildman–Crippen LogP) is 0.0815. The Hall–Kier alpha value is -2.16. The van der Waals surface area contributed by atoms with Crippen molar-refractivity contribution in [1.29, 1.82) is 0 Å². The van der Waals surface area contributed by atoms with Crippen LogP contribution in [0.2, 0.25) is 0 Å². The van der Waals surface area contributed by atoms with Gasteiger partial charge in [0, 0.05) is 6.42 Å². The molecule has 0 fully saturated rings. The van der Waals surface area contributed by atoms with Crippen LogP contribution in [0.15, 0.2) is 0 Å². The van der Waals surface area contributed by atoms with Crippen LogP contribution < -0.4 is 11.1 Å². The van der Waals surface area contributed by atoms with Crippen molar-refractivity contribution in [1.82, 2.24) is 10.3 Å². The number of aliphatic carboxylic acids is 2. The van der Waals surface area contributed by atoms with Crippen LogP contribution in [-0.4, -0.2) is 39.1 Å². The fraction of sp³-hybridized carbons (Fsp3) is 0.400. The molecule has 0 aliphatic heterocycles. The summed E-state index contributed by atoms with van der Waals surface area (Å²) < 4.78 is 0. The number of carbonyl (C=O) groups is 3. The number of carboxylic acid groups (broad SMARTS) is 2. The average Bonchev–Trinajstić information content (AvgIpc) is 2.62. The first kappa shape index (κ1) is 14.9. The first-order chi connectivity index (χ1) is 8.81. The molecule has 0 spiro atoms. The molecular weight excluding hydrogens is 274 g/mol. The summed E-state index contributed by atoms with van der Waals surface area (Å²) in [7, 11) is 0. The number of hydrogen-bond acceptors (Lipinski definition) is 6. The summed E-state index contributed by atoms with van der Waals surface area (Å²) >= 11 is 0.946. The standard InChI is InChI=1S/C10H13N3O5S/c1-4-7(19-10(11)12-4)8(16)13-5(9(17)18)2-3-6(14)15/h5H,2-3H2,1H3,(H2,11,12)(H,13,16)(H,14,15)(H,17,18). The third-order valence-corrected chi connectivity index (χ3v) is 3.26. The Bertz CT molecular complexity index is 513. The van der Waals surface area contributed by atoms with E-state index in [4.69, 9.17) is 15.9 Å². The van der Waals surface area contributed by atoms with Crippen molar-refractivity contribution in [2.75, 3.05) is 5.73 Å². The molecule has 0 aliphatic rings. The minimum Gasteiger partial charge on any atom is -0.481 e. The first-order valence-corrected chi connectivity index (χ1v) is 6.11. The van der Waals surface area contributed by atoms with E-state index in [1.165, 1.54) is 0 Å². The molecule has 0 bridgehead atoms. The van der Waals surface area contributed by atoms with Gasteiger partial charge in [0.2, 0.25) is 0 Å². The van der Waals surface area contributed by atoms with Crippen LogP contribution in [0.4, 0.5) is 5.13 Å². The second-order valence-corrected chi connectivity index (χ2v) is 4.79. The van der Waals surface area contributed by atoms with E-state index in [2.05, 4.69) is 10.3 Å². The SMILES string of the molecule is Cc1nc(N)sc1C(=O)NC(CCC(=O)O)C(=O)O. The summed E-state index contributed by atoms with van der Waals surface area (Å²) in [5, 5.41) is 19.9. The summed E-state index contributed by atoms with van der Waals surface area (Å²) in [5.74, 6) is -3.03. The van der Waals surface area contributed by atoms with E-state index in [1.807, 2.05) is 0 Å². The molecule has 1 aromatic rings. The zero-order valence-corrected chi connectivity index (χ0v) is 10.9. The van der Waals surface area contributed by atoms with Crippen molar-refractivity contribution < 1.29 is 24.6 Å². The molecule has 0 saturated heterocycles. The number of hydrogen-bond donors (Lipinski definition) is 4. The van der Waals surface area contributed by atoms with Crippen LogP contribution in [0, 0.1) is 6.92 Å². The molecule has 0 aromatic carbocycles. The number of aryl methyl sites for hydroxylation is 1. The Morgan fingerprint density at radius 3 is 2.47 bits per heavy atom. The molecule has 1 unspecified atom stereocenters. The highest BCUT2D eigenvalue weighted by Crippen LogP contribution is 2.19. The lowest BCUT2D eigenvalue weighted by Crippen LogP contribution is -2.41. The van der Waals surface area contributed by atoms with Gasteiger partial charge in [-0.1, -0.05) is 11.3 Å². The number of nitrogens with one attached hydrogen (secondary N) is 1. The third-order valence-electron chi connectivity index (χ3n) is 2.27.